The first-order chi connectivity index (χ1) is 15.7. The Morgan fingerprint density at radius 1 is 1.09 bits per heavy atom. The van der Waals surface area contributed by atoms with Crippen LogP contribution in [0.25, 0.3) is 0 Å². The lowest BCUT2D eigenvalue weighted by atomic mass is 9.87. The van der Waals surface area contributed by atoms with Crippen LogP contribution in [0.15, 0.2) is 34.3 Å². The number of hydrogen-bond acceptors (Lipinski definition) is 8. The van der Waals surface area contributed by atoms with E-state index in [1.54, 1.807) is 0 Å². The number of guanidine groups is 2. The highest BCUT2D eigenvalue weighted by Crippen LogP contribution is 2.43. The van der Waals surface area contributed by atoms with Crippen molar-refractivity contribution in [3.8, 4) is 0 Å². The minimum absolute atomic E-state index is 0.0963. The van der Waals surface area contributed by atoms with E-state index in [1.807, 2.05) is 32.9 Å². The summed E-state index contributed by atoms with van der Waals surface area (Å²) in [5.41, 5.74) is 13.7. The average molecular weight is 456 g/mol. The van der Waals surface area contributed by atoms with Crippen LogP contribution in [0, 0.1) is 0 Å². The van der Waals surface area contributed by atoms with Gasteiger partial charge in [0.15, 0.2) is 0 Å². The molecule has 2 heterocycles. The van der Waals surface area contributed by atoms with Gasteiger partial charge in [-0.2, -0.15) is 4.99 Å². The summed E-state index contributed by atoms with van der Waals surface area (Å²) in [7, 11) is 0. The van der Waals surface area contributed by atoms with Crippen molar-refractivity contribution >= 4 is 29.4 Å². The first-order valence-corrected chi connectivity index (χ1v) is 12.0. The van der Waals surface area contributed by atoms with Gasteiger partial charge in [-0.15, -0.1) is 0 Å². The fourth-order valence-electron chi connectivity index (χ4n) is 5.13. The molecule has 9 nitrogen and oxygen atoms in total. The van der Waals surface area contributed by atoms with Crippen LogP contribution in [0.4, 0.5) is 16.2 Å². The van der Waals surface area contributed by atoms with E-state index in [0.717, 1.165) is 63.0 Å². The molecule has 2 fully saturated rings. The molecule has 3 aliphatic rings. The normalized spacial score (nSPS) is 21.4. The van der Waals surface area contributed by atoms with E-state index in [2.05, 4.69) is 32.2 Å². The van der Waals surface area contributed by atoms with Crippen molar-refractivity contribution in [2.45, 2.75) is 83.0 Å². The summed E-state index contributed by atoms with van der Waals surface area (Å²) in [6, 6.07) is 8.39. The molecule has 9 heteroatoms. The molecule has 5 N–H and O–H groups in total. The standard InChI is InChI=1S/C24H37N7O2/c1-23(2,3)33-22(32)27-17-11-15-30(16-12-17)18-9-5-6-10-19(18)31-21(26)28-20(25)29-24(31)13-7-4-8-14-24/h5-6,9-10,17H,4,7-8,11-16H2,1-3H3,(H,27,32)(H4,25,26,28,29). The molecule has 0 aromatic heterocycles. The monoisotopic (exact) mass is 455 g/mol. The largest absolute Gasteiger partial charge is 0.444 e. The van der Waals surface area contributed by atoms with Gasteiger partial charge in [0.05, 0.1) is 11.4 Å². The molecule has 1 amide bonds. The average Bonchev–Trinajstić information content (AvgIpc) is 2.73. The summed E-state index contributed by atoms with van der Waals surface area (Å²) in [5.74, 6) is 0.662. The lowest BCUT2D eigenvalue weighted by Gasteiger charge is -2.47. The first kappa shape index (κ1) is 23.2. The number of nitrogens with two attached hydrogens (primary N) is 2. The molecular weight excluding hydrogens is 418 g/mol. The molecule has 1 aromatic rings. The number of anilines is 2. The third-order valence-corrected chi connectivity index (χ3v) is 6.53. The second kappa shape index (κ2) is 9.11. The van der Waals surface area contributed by atoms with Crippen LogP contribution in [-0.2, 0) is 4.74 Å². The summed E-state index contributed by atoms with van der Waals surface area (Å²) in [4.78, 5) is 25.8. The number of rotatable bonds is 3. The van der Waals surface area contributed by atoms with Crippen LogP contribution in [0.5, 0.6) is 0 Å². The molecule has 180 valence electrons. The smallest absolute Gasteiger partial charge is 0.407 e. The minimum Gasteiger partial charge on any atom is -0.444 e. The highest BCUT2D eigenvalue weighted by molar-refractivity contribution is 6.07. The molecule has 1 saturated heterocycles. The van der Waals surface area contributed by atoms with Crippen LogP contribution in [0.3, 0.4) is 0 Å². The van der Waals surface area contributed by atoms with Crippen LogP contribution in [-0.4, -0.2) is 48.4 Å². The predicted octanol–water partition coefficient (Wildman–Crippen LogP) is 3.29. The molecule has 0 radical (unpaired) electrons. The van der Waals surface area contributed by atoms with Gasteiger partial charge in [-0.25, -0.2) is 9.79 Å². The van der Waals surface area contributed by atoms with Gasteiger partial charge in [-0.1, -0.05) is 18.6 Å². The van der Waals surface area contributed by atoms with Crippen molar-refractivity contribution in [2.24, 2.45) is 21.5 Å². The Balaban J connectivity index is 1.52. The number of ether oxygens (including phenoxy) is 1. The Hall–Kier alpha value is -2.97. The molecule has 2 aliphatic heterocycles. The predicted molar refractivity (Wildman–Crippen MR) is 133 cm³/mol. The van der Waals surface area contributed by atoms with Gasteiger partial charge >= 0.3 is 6.09 Å². The lowest BCUT2D eigenvalue weighted by Crippen LogP contribution is -2.58. The number of carbonyl (C=O) groups excluding carboxylic acids is 1. The zero-order valence-electron chi connectivity index (χ0n) is 20.0. The molecule has 0 unspecified atom stereocenters. The molecule has 33 heavy (non-hydrogen) atoms. The molecule has 4 rings (SSSR count). The van der Waals surface area contributed by atoms with E-state index in [9.17, 15) is 4.79 Å². The summed E-state index contributed by atoms with van der Waals surface area (Å²) in [6.07, 6.45) is 6.51. The van der Waals surface area contributed by atoms with Crippen molar-refractivity contribution in [1.29, 1.82) is 0 Å². The summed E-state index contributed by atoms with van der Waals surface area (Å²) in [5, 5.41) is 3.01. The van der Waals surface area contributed by atoms with Gasteiger partial charge in [0, 0.05) is 19.1 Å². The van der Waals surface area contributed by atoms with Gasteiger partial charge in [-0.3, -0.25) is 4.90 Å². The highest BCUT2D eigenvalue weighted by atomic mass is 16.6. The molecule has 1 aromatic carbocycles. The van der Waals surface area contributed by atoms with E-state index in [0.29, 0.717) is 5.96 Å². The van der Waals surface area contributed by atoms with Crippen LogP contribution >= 0.6 is 0 Å². The maximum Gasteiger partial charge on any atom is 0.407 e. The van der Waals surface area contributed by atoms with Gasteiger partial charge in [0.2, 0.25) is 11.9 Å². The quantitative estimate of drug-likeness (QED) is 0.643. The number of nitrogens with zero attached hydrogens (tertiary/aromatic N) is 4. The lowest BCUT2D eigenvalue weighted by molar-refractivity contribution is 0.0497. The Morgan fingerprint density at radius 2 is 1.73 bits per heavy atom. The Kier molecular flexibility index (Phi) is 6.41. The molecule has 0 bridgehead atoms. The van der Waals surface area contributed by atoms with Crippen LogP contribution in [0.1, 0.15) is 65.7 Å². The van der Waals surface area contributed by atoms with Crippen LogP contribution < -0.4 is 26.6 Å². The maximum absolute atomic E-state index is 12.2. The topological polar surface area (TPSA) is 122 Å². The number of hydrogen-bond donors (Lipinski definition) is 3. The zero-order chi connectivity index (χ0) is 23.6. The molecule has 1 spiro atoms. The van der Waals surface area contributed by atoms with E-state index in [-0.39, 0.29) is 18.1 Å². The number of aliphatic imine (C=N–C) groups is 2. The summed E-state index contributed by atoms with van der Waals surface area (Å²) in [6.45, 7) is 7.26. The maximum atomic E-state index is 12.2. The first-order valence-electron chi connectivity index (χ1n) is 12.0. The second-order valence-corrected chi connectivity index (χ2v) is 10.2. The van der Waals surface area contributed by atoms with E-state index in [1.165, 1.54) is 6.42 Å². The molecule has 0 atom stereocenters. The van der Waals surface area contributed by atoms with E-state index >= 15 is 0 Å². The van der Waals surface area contributed by atoms with Crippen molar-refractivity contribution < 1.29 is 9.53 Å². The van der Waals surface area contributed by atoms with Crippen molar-refractivity contribution in [1.82, 2.24) is 5.32 Å². The van der Waals surface area contributed by atoms with Crippen molar-refractivity contribution in [3.63, 3.8) is 0 Å². The Labute approximate surface area is 196 Å². The van der Waals surface area contributed by atoms with Crippen LogP contribution in [0.2, 0.25) is 0 Å². The van der Waals surface area contributed by atoms with Crippen molar-refractivity contribution in [3.05, 3.63) is 24.3 Å². The van der Waals surface area contributed by atoms with Crippen molar-refractivity contribution in [2.75, 3.05) is 22.9 Å². The third-order valence-electron chi connectivity index (χ3n) is 6.53. The molecule has 1 aliphatic carbocycles. The number of piperidine rings is 1. The molecule has 1 saturated carbocycles. The Morgan fingerprint density at radius 3 is 2.36 bits per heavy atom. The number of nitrogens with one attached hydrogen (secondary N) is 1. The van der Waals surface area contributed by atoms with Gasteiger partial charge in [-0.05, 0) is 71.4 Å². The number of carbonyl (C=O) groups is 1. The van der Waals surface area contributed by atoms with Gasteiger partial charge < -0.3 is 26.4 Å². The zero-order valence-corrected chi connectivity index (χ0v) is 20.0. The van der Waals surface area contributed by atoms with Gasteiger partial charge in [0.25, 0.3) is 0 Å². The summed E-state index contributed by atoms with van der Waals surface area (Å²) >= 11 is 0. The van der Waals surface area contributed by atoms with Gasteiger partial charge in [0.1, 0.15) is 11.3 Å². The van der Waals surface area contributed by atoms with E-state index in [4.69, 9.17) is 21.2 Å². The number of amides is 1. The Bertz CT molecular complexity index is 923. The third kappa shape index (κ3) is 5.17. The van der Waals surface area contributed by atoms with E-state index < -0.39 is 11.3 Å². The highest BCUT2D eigenvalue weighted by Gasteiger charge is 2.43. The fraction of sp³-hybridized carbons (Fsp3) is 0.625. The summed E-state index contributed by atoms with van der Waals surface area (Å²) < 4.78 is 5.41. The second-order valence-electron chi connectivity index (χ2n) is 10.2. The fourth-order valence-corrected chi connectivity index (χ4v) is 5.13. The number of para-hydroxylation sites is 2. The minimum atomic E-state index is -0.499. The SMILES string of the molecule is CC(C)(C)OC(=O)NC1CCN(c2ccccc2N2C(N)=NC(N)=NC23CCCCC3)CC1. The number of alkyl carbamates (subject to hydrolysis) is 1. The molecular formula is C24H37N7O2. The number of benzene rings is 1.